The maximum Gasteiger partial charge on any atom is 0.271 e. The normalized spacial score (nSPS) is 14.9. The lowest BCUT2D eigenvalue weighted by Gasteiger charge is -2.21. The van der Waals surface area contributed by atoms with E-state index in [1.54, 1.807) is 0 Å². The van der Waals surface area contributed by atoms with Crippen molar-refractivity contribution in [1.29, 1.82) is 0 Å². The summed E-state index contributed by atoms with van der Waals surface area (Å²) in [5, 5.41) is 13.6. The van der Waals surface area contributed by atoms with Gasteiger partial charge in [0.1, 0.15) is 6.54 Å². The predicted molar refractivity (Wildman–Crippen MR) is 101 cm³/mol. The number of carbonyl (C=O) groups is 1. The van der Waals surface area contributed by atoms with E-state index >= 15 is 0 Å². The monoisotopic (exact) mass is 399 g/mol. The van der Waals surface area contributed by atoms with Crippen molar-refractivity contribution in [3.8, 4) is 0 Å². The van der Waals surface area contributed by atoms with Gasteiger partial charge in [-0.15, -0.1) is 0 Å². The van der Waals surface area contributed by atoms with Crippen molar-refractivity contribution >= 4 is 27.3 Å². The summed E-state index contributed by atoms with van der Waals surface area (Å²) >= 11 is 0. The van der Waals surface area contributed by atoms with Crippen LogP contribution in [-0.2, 0) is 19.6 Å². The highest BCUT2D eigenvalue weighted by Crippen LogP contribution is 2.23. The third kappa shape index (κ3) is 6.79. The number of hydrogen-bond donors (Lipinski definition) is 1. The van der Waals surface area contributed by atoms with E-state index in [-0.39, 0.29) is 11.4 Å². The van der Waals surface area contributed by atoms with Crippen LogP contribution >= 0.6 is 0 Å². The van der Waals surface area contributed by atoms with Crippen LogP contribution in [0.2, 0.25) is 0 Å². The van der Waals surface area contributed by atoms with Gasteiger partial charge in [0.05, 0.1) is 23.0 Å². The highest BCUT2D eigenvalue weighted by molar-refractivity contribution is 7.92. The summed E-state index contributed by atoms with van der Waals surface area (Å²) in [6, 6.07) is 5.18. The number of amides is 1. The Bertz CT molecular complexity index is 762. The summed E-state index contributed by atoms with van der Waals surface area (Å²) < 4.78 is 30.6. The van der Waals surface area contributed by atoms with Crippen LogP contribution in [0.25, 0.3) is 0 Å². The maximum atomic E-state index is 12.1. The highest BCUT2D eigenvalue weighted by Gasteiger charge is 2.22. The Hall–Kier alpha value is -2.20. The highest BCUT2D eigenvalue weighted by atomic mass is 32.2. The number of sulfonamides is 1. The van der Waals surface area contributed by atoms with Crippen LogP contribution in [0.1, 0.15) is 32.1 Å². The van der Waals surface area contributed by atoms with Crippen molar-refractivity contribution in [2.75, 3.05) is 30.3 Å². The first-order valence-electron chi connectivity index (χ1n) is 8.88. The number of nitrogens with one attached hydrogen (secondary N) is 1. The van der Waals surface area contributed by atoms with E-state index in [0.29, 0.717) is 25.7 Å². The fourth-order valence-corrected chi connectivity index (χ4v) is 3.80. The van der Waals surface area contributed by atoms with E-state index in [4.69, 9.17) is 4.74 Å². The summed E-state index contributed by atoms with van der Waals surface area (Å²) in [5.74, 6) is -0.479. The minimum atomic E-state index is -3.78. The fourth-order valence-electron chi connectivity index (χ4n) is 2.95. The minimum absolute atomic E-state index is 0.0754. The van der Waals surface area contributed by atoms with Gasteiger partial charge in [0.25, 0.3) is 5.69 Å². The topological polar surface area (TPSA) is 119 Å². The number of anilines is 1. The number of carbonyl (C=O) groups excluding carboxylic acids is 1. The second-order valence-corrected chi connectivity index (χ2v) is 8.43. The van der Waals surface area contributed by atoms with Crippen LogP contribution < -0.4 is 9.62 Å². The molecular weight excluding hydrogens is 374 g/mol. The summed E-state index contributed by atoms with van der Waals surface area (Å²) in [5.41, 5.74) is -0.169. The first-order valence-corrected chi connectivity index (χ1v) is 10.7. The lowest BCUT2D eigenvalue weighted by Crippen LogP contribution is -2.40. The van der Waals surface area contributed by atoms with Crippen molar-refractivity contribution in [3.05, 3.63) is 34.4 Å². The van der Waals surface area contributed by atoms with Crippen molar-refractivity contribution in [2.45, 2.75) is 38.2 Å². The van der Waals surface area contributed by atoms with Crippen LogP contribution in [0.5, 0.6) is 0 Å². The van der Waals surface area contributed by atoms with Gasteiger partial charge in [-0.1, -0.05) is 18.9 Å². The predicted octanol–water partition coefficient (Wildman–Crippen LogP) is 1.83. The van der Waals surface area contributed by atoms with Gasteiger partial charge in [0, 0.05) is 25.3 Å². The van der Waals surface area contributed by atoms with Crippen molar-refractivity contribution in [3.63, 3.8) is 0 Å². The SMILES string of the molecule is CS(=O)(=O)N(CC(=O)NCCCOC1CCCC1)c1cccc([N+](=O)[O-])c1. The summed E-state index contributed by atoms with van der Waals surface area (Å²) in [6.45, 7) is 0.479. The van der Waals surface area contributed by atoms with Crippen LogP contribution in [-0.4, -0.2) is 51.3 Å². The largest absolute Gasteiger partial charge is 0.378 e. The van der Waals surface area contributed by atoms with Gasteiger partial charge in [0.2, 0.25) is 15.9 Å². The van der Waals surface area contributed by atoms with Gasteiger partial charge in [-0.2, -0.15) is 0 Å². The molecule has 150 valence electrons. The molecule has 9 nitrogen and oxygen atoms in total. The van der Waals surface area contributed by atoms with E-state index in [1.165, 1.54) is 31.0 Å². The van der Waals surface area contributed by atoms with Crippen LogP contribution in [0.3, 0.4) is 0 Å². The molecule has 0 heterocycles. The third-order valence-corrected chi connectivity index (χ3v) is 5.46. The van der Waals surface area contributed by atoms with Gasteiger partial charge < -0.3 is 10.1 Å². The summed E-state index contributed by atoms with van der Waals surface area (Å²) in [6.07, 6.45) is 6.46. The summed E-state index contributed by atoms with van der Waals surface area (Å²) in [7, 11) is -3.78. The maximum absolute atomic E-state index is 12.1. The Balaban J connectivity index is 1.87. The summed E-state index contributed by atoms with van der Waals surface area (Å²) in [4.78, 5) is 22.4. The number of rotatable bonds is 10. The molecule has 27 heavy (non-hydrogen) atoms. The third-order valence-electron chi connectivity index (χ3n) is 4.32. The molecule has 0 bridgehead atoms. The number of benzene rings is 1. The second-order valence-electron chi connectivity index (χ2n) is 6.53. The van der Waals surface area contributed by atoms with Gasteiger partial charge in [-0.05, 0) is 25.3 Å². The molecule has 0 aliphatic heterocycles. The van der Waals surface area contributed by atoms with Crippen molar-refractivity contribution < 1.29 is 22.9 Å². The number of nitro benzene ring substituents is 1. The lowest BCUT2D eigenvalue weighted by atomic mass is 10.3. The van der Waals surface area contributed by atoms with Crippen LogP contribution in [0, 0.1) is 10.1 Å². The van der Waals surface area contributed by atoms with E-state index in [0.717, 1.165) is 29.5 Å². The molecule has 1 aliphatic rings. The molecule has 10 heteroatoms. The first-order chi connectivity index (χ1) is 12.8. The zero-order chi connectivity index (χ0) is 19.9. The van der Waals surface area contributed by atoms with Crippen LogP contribution in [0.4, 0.5) is 11.4 Å². The van der Waals surface area contributed by atoms with E-state index in [1.807, 2.05) is 0 Å². The Kier molecular flexibility index (Phi) is 7.55. The molecule has 1 aliphatic carbocycles. The average molecular weight is 399 g/mol. The van der Waals surface area contributed by atoms with E-state index in [9.17, 15) is 23.3 Å². The van der Waals surface area contributed by atoms with Gasteiger partial charge in [-0.25, -0.2) is 8.42 Å². The molecule has 1 fully saturated rings. The van der Waals surface area contributed by atoms with E-state index in [2.05, 4.69) is 5.32 Å². The molecule has 0 spiro atoms. The Morgan fingerprint density at radius 2 is 2.07 bits per heavy atom. The molecule has 0 radical (unpaired) electrons. The number of nitrogens with zero attached hydrogens (tertiary/aromatic N) is 2. The zero-order valence-corrected chi connectivity index (χ0v) is 16.1. The number of hydrogen-bond acceptors (Lipinski definition) is 6. The number of nitro groups is 1. The Morgan fingerprint density at radius 1 is 1.37 bits per heavy atom. The molecule has 2 rings (SSSR count). The fraction of sp³-hybridized carbons (Fsp3) is 0.588. The van der Waals surface area contributed by atoms with Crippen molar-refractivity contribution in [2.24, 2.45) is 0 Å². The minimum Gasteiger partial charge on any atom is -0.378 e. The molecule has 1 saturated carbocycles. The second kappa shape index (κ2) is 9.65. The molecule has 0 atom stereocenters. The Labute approximate surface area is 158 Å². The van der Waals surface area contributed by atoms with Gasteiger partial charge in [-0.3, -0.25) is 19.2 Å². The van der Waals surface area contributed by atoms with Crippen molar-refractivity contribution in [1.82, 2.24) is 5.32 Å². The first kappa shape index (κ1) is 21.1. The number of non-ortho nitro benzene ring substituents is 1. The van der Waals surface area contributed by atoms with Gasteiger partial charge >= 0.3 is 0 Å². The molecule has 1 N–H and O–H groups in total. The van der Waals surface area contributed by atoms with E-state index < -0.39 is 27.4 Å². The van der Waals surface area contributed by atoms with Gasteiger partial charge in [0.15, 0.2) is 0 Å². The quantitative estimate of drug-likeness (QED) is 0.364. The molecule has 1 amide bonds. The lowest BCUT2D eigenvalue weighted by molar-refractivity contribution is -0.384. The molecule has 1 aromatic rings. The molecular formula is C17H25N3O6S. The molecule has 0 saturated heterocycles. The average Bonchev–Trinajstić information content (AvgIpc) is 3.12. The zero-order valence-electron chi connectivity index (χ0n) is 15.3. The molecule has 0 aromatic heterocycles. The smallest absolute Gasteiger partial charge is 0.271 e. The Morgan fingerprint density at radius 3 is 2.70 bits per heavy atom. The standard InChI is InChI=1S/C17H25N3O6S/c1-27(24,25)19(14-6-4-7-15(12-14)20(22)23)13-17(21)18-10-5-11-26-16-8-2-3-9-16/h4,6-7,12,16H,2-3,5,8-11,13H2,1H3,(H,18,21). The van der Waals surface area contributed by atoms with Crippen LogP contribution in [0.15, 0.2) is 24.3 Å². The number of ether oxygens (including phenoxy) is 1. The molecule has 1 aromatic carbocycles. The molecule has 0 unspecified atom stereocenters.